The van der Waals surface area contributed by atoms with E-state index in [4.69, 9.17) is 9.47 Å². The summed E-state index contributed by atoms with van der Waals surface area (Å²) in [4.78, 5) is 38.7. The van der Waals surface area contributed by atoms with E-state index in [0.717, 1.165) is 22.5 Å². The number of pyridine rings is 1. The minimum absolute atomic E-state index is 0.0393. The molecule has 4 rings (SSSR count). The Hall–Kier alpha value is -4.30. The van der Waals surface area contributed by atoms with E-state index in [2.05, 4.69) is 27.6 Å². The zero-order chi connectivity index (χ0) is 28.2. The molecule has 10 nitrogen and oxygen atoms in total. The minimum Gasteiger partial charge on any atom is -0.470 e. The number of ether oxygens (including phenoxy) is 2. The number of rotatable bonds is 8. The van der Waals surface area contributed by atoms with Crippen LogP contribution < -0.4 is 10.1 Å². The molecule has 1 saturated heterocycles. The average Bonchev–Trinajstić information content (AvgIpc) is 3.70. The third-order valence-electron chi connectivity index (χ3n) is 6.03. The summed E-state index contributed by atoms with van der Waals surface area (Å²) < 4.78 is 11.6. The second-order valence-electron chi connectivity index (χ2n) is 10.4. The molecule has 39 heavy (non-hydrogen) atoms. The van der Waals surface area contributed by atoms with Gasteiger partial charge in [-0.05, 0) is 45.1 Å². The van der Waals surface area contributed by atoms with Gasteiger partial charge in [-0.25, -0.2) is 9.78 Å². The van der Waals surface area contributed by atoms with E-state index in [1.54, 1.807) is 24.2 Å². The molecule has 1 aromatic heterocycles. The van der Waals surface area contributed by atoms with Gasteiger partial charge in [-0.2, -0.15) is 0 Å². The number of likely N-dealkylation sites (tertiary alicyclic amines) is 1. The van der Waals surface area contributed by atoms with Gasteiger partial charge in [-0.3, -0.25) is 9.79 Å². The lowest BCUT2D eigenvalue weighted by Gasteiger charge is -2.38. The Morgan fingerprint density at radius 1 is 1.36 bits per heavy atom. The van der Waals surface area contributed by atoms with E-state index in [1.807, 2.05) is 69.6 Å². The second kappa shape index (κ2) is 11.6. The van der Waals surface area contributed by atoms with Crippen LogP contribution in [0.1, 0.15) is 26.3 Å². The molecule has 10 heteroatoms. The van der Waals surface area contributed by atoms with Crippen molar-refractivity contribution in [3.63, 3.8) is 0 Å². The van der Waals surface area contributed by atoms with Crippen LogP contribution in [0.2, 0.25) is 0 Å². The fourth-order valence-electron chi connectivity index (χ4n) is 3.88. The quantitative estimate of drug-likeness (QED) is 0.515. The molecule has 0 spiro atoms. The maximum absolute atomic E-state index is 12.2. The zero-order valence-corrected chi connectivity index (χ0v) is 23.1. The second-order valence-corrected chi connectivity index (χ2v) is 10.4. The van der Waals surface area contributed by atoms with Crippen molar-refractivity contribution >= 4 is 23.4 Å². The number of carbonyl (C=O) groups excluding carboxylic acids is 2. The molecule has 0 aromatic carbocycles. The Morgan fingerprint density at radius 2 is 2.10 bits per heavy atom. The lowest BCUT2D eigenvalue weighted by atomic mass is 10.1. The summed E-state index contributed by atoms with van der Waals surface area (Å²) in [6.45, 7) is 11.1. The number of nitrogens with one attached hydrogen (secondary N) is 1. The number of carbonyl (C=O) groups is 2. The predicted molar refractivity (Wildman–Crippen MR) is 149 cm³/mol. The average molecular weight is 532 g/mol. The SMILES string of the molecule is C=C=C/C(=C1/NC(=NCCN(C)C(=O)OC(C)(C)C)C=CN1C)c1cccnc1OC1CN(C(=O)C2=C[CH]2)C1. The van der Waals surface area contributed by atoms with Gasteiger partial charge in [0.25, 0.3) is 0 Å². The van der Waals surface area contributed by atoms with E-state index in [9.17, 15) is 9.59 Å². The van der Waals surface area contributed by atoms with Crippen molar-refractivity contribution in [2.75, 3.05) is 40.3 Å². The van der Waals surface area contributed by atoms with E-state index >= 15 is 0 Å². The van der Waals surface area contributed by atoms with Gasteiger partial charge in [-0.15, -0.1) is 5.73 Å². The van der Waals surface area contributed by atoms with Gasteiger partial charge in [0, 0.05) is 56.2 Å². The molecular formula is C29H35N6O4. The highest BCUT2D eigenvalue weighted by Crippen LogP contribution is 2.31. The highest BCUT2D eigenvalue weighted by molar-refractivity contribution is 6.01. The van der Waals surface area contributed by atoms with Crippen LogP contribution in [-0.2, 0) is 9.53 Å². The van der Waals surface area contributed by atoms with Crippen LogP contribution in [0.5, 0.6) is 5.88 Å². The molecule has 1 radical (unpaired) electrons. The summed E-state index contributed by atoms with van der Waals surface area (Å²) in [5, 5.41) is 3.37. The number of aromatic nitrogens is 1. The van der Waals surface area contributed by atoms with E-state index < -0.39 is 5.60 Å². The number of hydrogen-bond acceptors (Lipinski definition) is 7. The van der Waals surface area contributed by atoms with Gasteiger partial charge in [0.2, 0.25) is 11.8 Å². The normalized spacial score (nSPS) is 18.9. The van der Waals surface area contributed by atoms with Crippen molar-refractivity contribution < 1.29 is 19.1 Å². The van der Waals surface area contributed by atoms with Gasteiger partial charge < -0.3 is 29.5 Å². The van der Waals surface area contributed by atoms with Gasteiger partial charge in [0.15, 0.2) is 0 Å². The van der Waals surface area contributed by atoms with Crippen LogP contribution in [-0.4, -0.2) is 89.5 Å². The third kappa shape index (κ3) is 7.18. The van der Waals surface area contributed by atoms with Crippen LogP contribution in [0.25, 0.3) is 5.57 Å². The topological polar surface area (TPSA) is 99.6 Å². The Morgan fingerprint density at radius 3 is 2.77 bits per heavy atom. The van der Waals surface area contributed by atoms with E-state index in [1.165, 1.54) is 4.90 Å². The first-order valence-electron chi connectivity index (χ1n) is 12.8. The van der Waals surface area contributed by atoms with Crippen molar-refractivity contribution in [1.82, 2.24) is 25.0 Å². The molecule has 1 fully saturated rings. The van der Waals surface area contributed by atoms with Crippen LogP contribution in [0.4, 0.5) is 4.79 Å². The molecule has 205 valence electrons. The molecule has 0 atom stereocenters. The van der Waals surface area contributed by atoms with Crippen LogP contribution >= 0.6 is 0 Å². The van der Waals surface area contributed by atoms with Crippen molar-refractivity contribution in [2.24, 2.45) is 4.99 Å². The number of hydrogen-bond donors (Lipinski definition) is 1. The van der Waals surface area contributed by atoms with E-state index in [-0.39, 0.29) is 18.1 Å². The fourth-order valence-corrected chi connectivity index (χ4v) is 3.88. The molecule has 3 heterocycles. The van der Waals surface area contributed by atoms with E-state index in [0.29, 0.717) is 37.9 Å². The third-order valence-corrected chi connectivity index (χ3v) is 6.03. The smallest absolute Gasteiger partial charge is 0.410 e. The number of allylic oxidation sites excluding steroid dienone is 3. The van der Waals surface area contributed by atoms with Gasteiger partial charge >= 0.3 is 6.09 Å². The standard InChI is InChI=1S/C29H35N6O4/c1-7-9-22(23-10-8-14-31-26(23)38-21-18-35(19-21)27(36)20-11-12-20)25-32-24(13-16-33(25)5)30-15-17-34(6)28(37)39-29(2,3)4/h8-14,16,21H,1,15,17-19H2,2-6H3,(H,30,32)/b25-22+. The molecule has 1 aromatic rings. The summed E-state index contributed by atoms with van der Waals surface area (Å²) in [5.74, 6) is 1.88. The molecule has 0 bridgehead atoms. The highest BCUT2D eigenvalue weighted by atomic mass is 16.6. The monoisotopic (exact) mass is 531 g/mol. The van der Waals surface area contributed by atoms with Gasteiger partial charge in [0.05, 0.1) is 19.6 Å². The number of likely N-dealkylation sites (N-methyl/N-ethyl adjacent to an activating group) is 1. The zero-order valence-electron chi connectivity index (χ0n) is 23.1. The Bertz CT molecular complexity index is 1290. The first-order valence-corrected chi connectivity index (χ1v) is 12.8. The largest absolute Gasteiger partial charge is 0.470 e. The lowest BCUT2D eigenvalue weighted by molar-refractivity contribution is -0.135. The van der Waals surface area contributed by atoms with Crippen LogP contribution in [0.3, 0.4) is 0 Å². The molecule has 1 aliphatic carbocycles. The highest BCUT2D eigenvalue weighted by Gasteiger charge is 2.36. The summed E-state index contributed by atoms with van der Waals surface area (Å²) >= 11 is 0. The molecule has 2 amide bonds. The first kappa shape index (κ1) is 27.7. The van der Waals surface area contributed by atoms with Crippen molar-refractivity contribution in [3.8, 4) is 5.88 Å². The Labute approximate surface area is 229 Å². The summed E-state index contributed by atoms with van der Waals surface area (Å²) in [7, 11) is 3.60. The Kier molecular flexibility index (Phi) is 8.26. The first-order chi connectivity index (χ1) is 18.6. The molecule has 2 aliphatic heterocycles. The molecule has 0 unspecified atom stereocenters. The summed E-state index contributed by atoms with van der Waals surface area (Å²) in [6.07, 6.45) is 10.3. The van der Waals surface area contributed by atoms with Gasteiger partial charge in [0.1, 0.15) is 23.4 Å². The molecule has 1 N–H and O–H groups in total. The lowest BCUT2D eigenvalue weighted by Crippen LogP contribution is -2.56. The van der Waals surface area contributed by atoms with Gasteiger partial charge in [-0.1, -0.05) is 12.7 Å². The number of nitrogens with zero attached hydrogens (tertiary/aromatic N) is 5. The molecule has 3 aliphatic rings. The number of amidine groups is 1. The number of amides is 2. The Balaban J connectivity index is 1.48. The maximum atomic E-state index is 12.2. The van der Waals surface area contributed by atoms with Crippen LogP contribution in [0.15, 0.2) is 71.5 Å². The maximum Gasteiger partial charge on any atom is 0.410 e. The van der Waals surface area contributed by atoms with Crippen molar-refractivity contribution in [3.05, 3.63) is 78.4 Å². The van der Waals surface area contributed by atoms with Crippen LogP contribution in [0, 0.1) is 6.42 Å². The predicted octanol–water partition coefficient (Wildman–Crippen LogP) is 3.14. The fraction of sp³-hybridized carbons (Fsp3) is 0.379. The minimum atomic E-state index is -0.554. The molecule has 0 saturated carbocycles. The summed E-state index contributed by atoms with van der Waals surface area (Å²) in [6, 6.07) is 3.76. The molecular weight excluding hydrogens is 496 g/mol. The summed E-state index contributed by atoms with van der Waals surface area (Å²) in [5.41, 5.74) is 4.59. The number of aliphatic imine (C=N–C) groups is 1. The van der Waals surface area contributed by atoms with Crippen molar-refractivity contribution in [2.45, 2.75) is 32.5 Å². The van der Waals surface area contributed by atoms with Crippen molar-refractivity contribution in [1.29, 1.82) is 0 Å².